The van der Waals surface area contributed by atoms with Gasteiger partial charge in [0.25, 0.3) is 0 Å². The lowest BCUT2D eigenvalue weighted by atomic mass is 9.97. The van der Waals surface area contributed by atoms with Crippen molar-refractivity contribution in [3.63, 3.8) is 0 Å². The lowest BCUT2D eigenvalue weighted by Gasteiger charge is -2.46. The van der Waals surface area contributed by atoms with Crippen LogP contribution in [0.1, 0.15) is 264 Å². The van der Waals surface area contributed by atoms with E-state index >= 15 is 0 Å². The number of ether oxygens (including phenoxy) is 4. The fourth-order valence-corrected chi connectivity index (χ4v) is 10.8. The molecule has 2 saturated heterocycles. The predicted octanol–water partition coefficient (Wildman–Crippen LogP) is 13.1. The van der Waals surface area contributed by atoms with Gasteiger partial charge in [-0.25, -0.2) is 0 Å². The summed E-state index contributed by atoms with van der Waals surface area (Å²) >= 11 is 0. The summed E-state index contributed by atoms with van der Waals surface area (Å²) in [6.45, 7) is 2.70. The van der Waals surface area contributed by atoms with Crippen molar-refractivity contribution in [3.8, 4) is 0 Å². The van der Waals surface area contributed by atoms with E-state index in [4.69, 9.17) is 18.9 Å². The first-order valence-corrected chi connectivity index (χ1v) is 33.7. The van der Waals surface area contributed by atoms with Crippen LogP contribution in [0.2, 0.25) is 0 Å². The van der Waals surface area contributed by atoms with Crippen LogP contribution in [0.25, 0.3) is 0 Å². The molecular formula is C69H123NO13. The summed E-state index contributed by atoms with van der Waals surface area (Å²) in [4.78, 5) is 13.3. The lowest BCUT2D eigenvalue weighted by molar-refractivity contribution is -0.359. The van der Waals surface area contributed by atoms with Gasteiger partial charge in [-0.3, -0.25) is 4.79 Å². The Morgan fingerprint density at radius 2 is 0.831 bits per heavy atom. The summed E-state index contributed by atoms with van der Waals surface area (Å²) in [6, 6.07) is -0.926. The number of nitrogens with one attached hydrogen (secondary N) is 1. The van der Waals surface area contributed by atoms with Gasteiger partial charge in [-0.1, -0.05) is 267 Å². The van der Waals surface area contributed by atoms with Crippen LogP contribution in [-0.2, 0) is 23.7 Å². The molecule has 0 radical (unpaired) electrons. The third-order valence-corrected chi connectivity index (χ3v) is 16.1. The summed E-state index contributed by atoms with van der Waals surface area (Å²) in [5, 5.41) is 87.4. The van der Waals surface area contributed by atoms with E-state index in [2.05, 4.69) is 79.9 Å². The highest BCUT2D eigenvalue weighted by atomic mass is 16.7. The molecule has 14 heteroatoms. The quantitative estimate of drug-likeness (QED) is 0.0204. The Hall–Kier alpha value is -2.57. The molecular weight excluding hydrogens is 1050 g/mol. The highest BCUT2D eigenvalue weighted by molar-refractivity contribution is 5.76. The van der Waals surface area contributed by atoms with Crippen LogP contribution in [0.4, 0.5) is 0 Å². The van der Waals surface area contributed by atoms with E-state index in [1.54, 1.807) is 6.08 Å². The molecule has 0 aromatic carbocycles. The zero-order valence-electron chi connectivity index (χ0n) is 52.2. The van der Waals surface area contributed by atoms with Crippen molar-refractivity contribution in [2.24, 2.45) is 0 Å². The number of amides is 1. The van der Waals surface area contributed by atoms with Gasteiger partial charge in [0.2, 0.25) is 5.91 Å². The largest absolute Gasteiger partial charge is 0.394 e. The van der Waals surface area contributed by atoms with Crippen molar-refractivity contribution >= 4 is 5.91 Å². The summed E-state index contributed by atoms with van der Waals surface area (Å²) in [6.07, 6.45) is 55.1. The van der Waals surface area contributed by atoms with Gasteiger partial charge >= 0.3 is 0 Å². The molecule has 0 saturated carbocycles. The van der Waals surface area contributed by atoms with Gasteiger partial charge in [0.05, 0.1) is 32.0 Å². The number of carbonyl (C=O) groups is 1. The number of aliphatic hydroxyl groups is 8. The van der Waals surface area contributed by atoms with Crippen LogP contribution < -0.4 is 5.32 Å². The fourth-order valence-electron chi connectivity index (χ4n) is 10.8. The molecule has 12 atom stereocenters. The number of rotatable bonds is 54. The molecule has 482 valence electrons. The highest BCUT2D eigenvalue weighted by Gasteiger charge is 2.51. The van der Waals surface area contributed by atoms with Gasteiger partial charge in [-0.05, 0) is 64.2 Å². The topological polar surface area (TPSA) is 228 Å². The standard InChI is InChI=1S/C69H123NO13/c1-3-5-7-9-11-13-15-17-19-21-23-25-27-28-29-31-32-34-36-38-40-42-44-46-48-50-52-58(73)57(56-80-68-66(79)64(77)67(60(55-72)82-68)83-69-65(78)63(76)62(75)59(54-71)81-69)70-61(74)53-51-49-47-45-43-41-39-37-35-33-30-26-24-22-20-18-16-14-12-10-8-6-4-2/h6,8,12,14,18,20,24,26,33,35,50,52,57-60,62-69,71-73,75-79H,3-5,7,9-11,13,15-17,19,21-23,25,27-32,34,36-49,51,53-56H2,1-2H3,(H,70,74)/b8-6-,14-12-,20-18-,26-24-,35-33-,52-50+. The van der Waals surface area contributed by atoms with E-state index in [1.165, 1.54) is 148 Å². The molecule has 0 aromatic heterocycles. The van der Waals surface area contributed by atoms with E-state index in [0.29, 0.717) is 6.42 Å². The maximum absolute atomic E-state index is 13.3. The minimum absolute atomic E-state index is 0.250. The normalized spacial score (nSPS) is 24.3. The Kier molecular flexibility index (Phi) is 49.5. The Morgan fingerprint density at radius 1 is 0.446 bits per heavy atom. The molecule has 1 amide bonds. The van der Waals surface area contributed by atoms with Crippen LogP contribution in [0.15, 0.2) is 72.9 Å². The van der Waals surface area contributed by atoms with Crippen molar-refractivity contribution in [2.45, 2.75) is 338 Å². The fraction of sp³-hybridized carbons (Fsp3) is 0.812. The van der Waals surface area contributed by atoms with Crippen molar-refractivity contribution in [2.75, 3.05) is 19.8 Å². The summed E-state index contributed by atoms with van der Waals surface area (Å²) in [5.41, 5.74) is 0. The zero-order chi connectivity index (χ0) is 60.2. The Labute approximate surface area is 504 Å². The molecule has 0 spiro atoms. The second kappa shape index (κ2) is 53.7. The van der Waals surface area contributed by atoms with E-state index in [1.807, 2.05) is 6.08 Å². The predicted molar refractivity (Wildman–Crippen MR) is 337 cm³/mol. The molecule has 12 unspecified atom stereocenters. The van der Waals surface area contributed by atoms with Crippen molar-refractivity contribution in [3.05, 3.63) is 72.9 Å². The Bertz CT molecular complexity index is 1670. The van der Waals surface area contributed by atoms with Gasteiger partial charge in [-0.2, -0.15) is 0 Å². The molecule has 14 nitrogen and oxygen atoms in total. The number of carbonyl (C=O) groups excluding carboxylic acids is 1. The number of hydrogen-bond donors (Lipinski definition) is 9. The number of unbranched alkanes of at least 4 members (excludes halogenated alkanes) is 31. The third-order valence-electron chi connectivity index (χ3n) is 16.1. The molecule has 2 aliphatic heterocycles. The first-order valence-electron chi connectivity index (χ1n) is 33.7. The molecule has 9 N–H and O–H groups in total. The van der Waals surface area contributed by atoms with E-state index in [0.717, 1.165) is 89.9 Å². The SMILES string of the molecule is CC/C=C\C/C=C\C/C=C\C/C=C\C/C=C\CCCCCCCCCC(=O)NC(COC1OC(CO)C(OC2OC(CO)C(O)C(O)C2O)C(O)C1O)C(O)/C=C/CCCCCCCCCCCCCCCCCCCCCCCCCC. The Morgan fingerprint density at radius 3 is 1.28 bits per heavy atom. The van der Waals surface area contributed by atoms with Gasteiger partial charge in [-0.15, -0.1) is 0 Å². The van der Waals surface area contributed by atoms with Gasteiger partial charge in [0.1, 0.15) is 48.8 Å². The lowest BCUT2D eigenvalue weighted by Crippen LogP contribution is -2.65. The second-order valence-electron chi connectivity index (χ2n) is 23.6. The number of allylic oxidation sites excluding steroid dienone is 11. The smallest absolute Gasteiger partial charge is 0.220 e. The van der Waals surface area contributed by atoms with Gasteiger partial charge < -0.3 is 65.1 Å². The van der Waals surface area contributed by atoms with Gasteiger partial charge in [0, 0.05) is 6.42 Å². The highest BCUT2D eigenvalue weighted by Crippen LogP contribution is 2.30. The molecule has 2 rings (SSSR count). The van der Waals surface area contributed by atoms with E-state index in [9.17, 15) is 45.6 Å². The van der Waals surface area contributed by atoms with Gasteiger partial charge in [0.15, 0.2) is 12.6 Å². The van der Waals surface area contributed by atoms with Crippen LogP contribution >= 0.6 is 0 Å². The van der Waals surface area contributed by atoms with Crippen LogP contribution in [0, 0.1) is 0 Å². The number of aliphatic hydroxyl groups excluding tert-OH is 8. The molecule has 2 heterocycles. The molecule has 0 aromatic rings. The monoisotopic (exact) mass is 1170 g/mol. The van der Waals surface area contributed by atoms with Crippen LogP contribution in [0.5, 0.6) is 0 Å². The van der Waals surface area contributed by atoms with Crippen LogP contribution in [-0.4, -0.2) is 140 Å². The molecule has 83 heavy (non-hydrogen) atoms. The van der Waals surface area contributed by atoms with Crippen molar-refractivity contribution < 1.29 is 64.6 Å². The first kappa shape index (κ1) is 76.5. The molecule has 2 fully saturated rings. The van der Waals surface area contributed by atoms with Crippen molar-refractivity contribution in [1.29, 1.82) is 0 Å². The molecule has 0 bridgehead atoms. The summed E-state index contributed by atoms with van der Waals surface area (Å²) in [7, 11) is 0. The minimum atomic E-state index is -1.79. The zero-order valence-corrected chi connectivity index (χ0v) is 52.2. The maximum atomic E-state index is 13.3. The third kappa shape index (κ3) is 38.4. The van der Waals surface area contributed by atoms with Crippen molar-refractivity contribution in [1.82, 2.24) is 5.32 Å². The average Bonchev–Trinajstić information content (AvgIpc) is 3.64. The number of hydrogen-bond acceptors (Lipinski definition) is 13. The van der Waals surface area contributed by atoms with Crippen LogP contribution in [0.3, 0.4) is 0 Å². The molecule has 0 aliphatic carbocycles. The summed E-state index contributed by atoms with van der Waals surface area (Å²) < 4.78 is 22.8. The minimum Gasteiger partial charge on any atom is -0.394 e. The first-order chi connectivity index (χ1) is 40.6. The summed E-state index contributed by atoms with van der Waals surface area (Å²) in [5.74, 6) is -0.250. The maximum Gasteiger partial charge on any atom is 0.220 e. The molecule has 2 aliphatic rings. The Balaban J connectivity index is 1.72. The second-order valence-corrected chi connectivity index (χ2v) is 23.6. The van der Waals surface area contributed by atoms with E-state index in [-0.39, 0.29) is 18.9 Å². The van der Waals surface area contributed by atoms with E-state index < -0.39 is 86.8 Å². The average molecular weight is 1170 g/mol.